The summed E-state index contributed by atoms with van der Waals surface area (Å²) in [7, 11) is 1.83. The van der Waals surface area contributed by atoms with Crippen molar-refractivity contribution in [3.8, 4) is 17.7 Å². The summed E-state index contributed by atoms with van der Waals surface area (Å²) in [6.45, 7) is 3.72. The smallest absolute Gasteiger partial charge is 0.239 e. The van der Waals surface area contributed by atoms with E-state index in [0.29, 0.717) is 11.3 Å². The van der Waals surface area contributed by atoms with Crippen molar-refractivity contribution in [2.75, 3.05) is 0 Å². The van der Waals surface area contributed by atoms with Gasteiger partial charge in [-0.15, -0.1) is 0 Å². The molecule has 2 heterocycles. The molecule has 6 heteroatoms. The van der Waals surface area contributed by atoms with E-state index in [1.54, 1.807) is 4.68 Å². The van der Waals surface area contributed by atoms with Gasteiger partial charge in [-0.25, -0.2) is 4.98 Å². The third kappa shape index (κ3) is 2.03. The van der Waals surface area contributed by atoms with Crippen LogP contribution in [0.2, 0.25) is 5.02 Å². The number of rotatable bonds is 2. The first kappa shape index (κ1) is 12.4. The molecule has 0 saturated heterocycles. The molecule has 18 heavy (non-hydrogen) atoms. The summed E-state index contributed by atoms with van der Waals surface area (Å²) < 4.78 is 7.37. The monoisotopic (exact) mass is 262 g/mol. The molecule has 0 unspecified atom stereocenters. The molecule has 0 aromatic carbocycles. The minimum atomic E-state index is 0.211. The summed E-state index contributed by atoms with van der Waals surface area (Å²) >= 11 is 6.03. The van der Waals surface area contributed by atoms with Gasteiger partial charge >= 0.3 is 0 Å². The van der Waals surface area contributed by atoms with Gasteiger partial charge in [0.15, 0.2) is 5.75 Å². The van der Waals surface area contributed by atoms with Gasteiger partial charge in [0, 0.05) is 13.2 Å². The Labute approximate surface area is 110 Å². The molecule has 0 radical (unpaired) electrons. The average Bonchev–Trinajstić information content (AvgIpc) is 2.58. The van der Waals surface area contributed by atoms with Crippen molar-refractivity contribution in [1.29, 1.82) is 5.26 Å². The fourth-order valence-electron chi connectivity index (χ4n) is 1.58. The van der Waals surface area contributed by atoms with Gasteiger partial charge in [0.1, 0.15) is 16.8 Å². The number of nitriles is 1. The van der Waals surface area contributed by atoms with Crippen LogP contribution < -0.4 is 4.74 Å². The standard InChI is InChI=1S/C12H11ClN4O/c1-7-11(8(2)17(3)16-7)18-12-10(13)9(6-14)4-5-15-12/h4-5H,1-3H3. The van der Waals surface area contributed by atoms with Crippen LogP contribution in [0.15, 0.2) is 12.3 Å². The highest BCUT2D eigenvalue weighted by Crippen LogP contribution is 2.32. The van der Waals surface area contributed by atoms with E-state index >= 15 is 0 Å². The van der Waals surface area contributed by atoms with Crippen molar-refractivity contribution in [3.05, 3.63) is 34.2 Å². The minimum Gasteiger partial charge on any atom is -0.434 e. The summed E-state index contributed by atoms with van der Waals surface area (Å²) in [4.78, 5) is 4.03. The number of aromatic nitrogens is 3. The Kier molecular flexibility index (Phi) is 3.21. The summed E-state index contributed by atoms with van der Waals surface area (Å²) in [5, 5.41) is 13.3. The van der Waals surface area contributed by atoms with Crippen molar-refractivity contribution in [2.45, 2.75) is 13.8 Å². The maximum atomic E-state index is 8.89. The average molecular weight is 263 g/mol. The molecule has 0 bridgehead atoms. The van der Waals surface area contributed by atoms with Gasteiger partial charge in [-0.3, -0.25) is 4.68 Å². The summed E-state index contributed by atoms with van der Waals surface area (Å²) in [5.41, 5.74) is 1.95. The van der Waals surface area contributed by atoms with Gasteiger partial charge in [0.2, 0.25) is 5.88 Å². The van der Waals surface area contributed by atoms with Crippen LogP contribution in [0.25, 0.3) is 0 Å². The fourth-order valence-corrected chi connectivity index (χ4v) is 1.77. The number of aryl methyl sites for hydroxylation is 2. The molecule has 0 amide bonds. The molecule has 2 aromatic heterocycles. The molecule has 2 aromatic rings. The first-order valence-corrected chi connectivity index (χ1v) is 5.65. The van der Waals surface area contributed by atoms with Crippen LogP contribution in [0, 0.1) is 25.2 Å². The Bertz CT molecular complexity index is 642. The zero-order chi connectivity index (χ0) is 13.3. The molecule has 92 valence electrons. The lowest BCUT2D eigenvalue weighted by atomic mass is 10.3. The SMILES string of the molecule is Cc1nn(C)c(C)c1Oc1nccc(C#N)c1Cl. The van der Waals surface area contributed by atoms with E-state index in [2.05, 4.69) is 10.1 Å². The Hall–Kier alpha value is -2.06. The van der Waals surface area contributed by atoms with Crippen molar-refractivity contribution >= 4 is 11.6 Å². The predicted molar refractivity (Wildman–Crippen MR) is 66.7 cm³/mol. The first-order chi connectivity index (χ1) is 8.54. The molecule has 0 aliphatic heterocycles. The largest absolute Gasteiger partial charge is 0.434 e. The third-order valence-corrected chi connectivity index (χ3v) is 2.98. The van der Waals surface area contributed by atoms with Gasteiger partial charge < -0.3 is 4.74 Å². The van der Waals surface area contributed by atoms with Crippen LogP contribution >= 0.6 is 11.6 Å². The molecule has 2 rings (SSSR count). The molecule has 0 saturated carbocycles. The summed E-state index contributed by atoms with van der Waals surface area (Å²) in [5.74, 6) is 0.830. The van der Waals surface area contributed by atoms with Crippen molar-refractivity contribution in [1.82, 2.24) is 14.8 Å². The lowest BCUT2D eigenvalue weighted by molar-refractivity contribution is 0.455. The molecular formula is C12H11ClN4O. The van der Waals surface area contributed by atoms with Crippen LogP contribution in [0.3, 0.4) is 0 Å². The van der Waals surface area contributed by atoms with Crippen LogP contribution in [0.4, 0.5) is 0 Å². The quantitative estimate of drug-likeness (QED) is 0.835. The van der Waals surface area contributed by atoms with E-state index in [9.17, 15) is 0 Å². The second-order valence-electron chi connectivity index (χ2n) is 3.82. The van der Waals surface area contributed by atoms with Crippen LogP contribution in [0.5, 0.6) is 11.6 Å². The third-order valence-electron chi connectivity index (χ3n) is 2.62. The number of hydrogen-bond donors (Lipinski definition) is 0. The Morgan fingerprint density at radius 1 is 1.44 bits per heavy atom. The molecular weight excluding hydrogens is 252 g/mol. The van der Waals surface area contributed by atoms with Gasteiger partial charge in [-0.2, -0.15) is 10.4 Å². The number of nitrogens with zero attached hydrogens (tertiary/aromatic N) is 4. The number of halogens is 1. The molecule has 0 aliphatic carbocycles. The zero-order valence-electron chi connectivity index (χ0n) is 10.2. The number of pyridine rings is 1. The maximum absolute atomic E-state index is 8.89. The first-order valence-electron chi connectivity index (χ1n) is 5.27. The molecule has 5 nitrogen and oxygen atoms in total. The van der Waals surface area contributed by atoms with E-state index in [4.69, 9.17) is 21.6 Å². The fraction of sp³-hybridized carbons (Fsp3) is 0.250. The van der Waals surface area contributed by atoms with Gasteiger partial charge in [0.05, 0.1) is 11.3 Å². The lowest BCUT2D eigenvalue weighted by Gasteiger charge is -2.07. The summed E-state index contributed by atoms with van der Waals surface area (Å²) in [6.07, 6.45) is 1.49. The topological polar surface area (TPSA) is 63.7 Å². The second-order valence-corrected chi connectivity index (χ2v) is 4.19. The van der Waals surface area contributed by atoms with E-state index < -0.39 is 0 Å². The van der Waals surface area contributed by atoms with E-state index in [1.807, 2.05) is 27.0 Å². The van der Waals surface area contributed by atoms with Crippen LogP contribution in [0.1, 0.15) is 17.0 Å². The number of ether oxygens (including phenoxy) is 1. The molecule has 0 fully saturated rings. The van der Waals surface area contributed by atoms with Gasteiger partial charge in [-0.05, 0) is 19.9 Å². The minimum absolute atomic E-state index is 0.211. The zero-order valence-corrected chi connectivity index (χ0v) is 11.0. The highest BCUT2D eigenvalue weighted by atomic mass is 35.5. The predicted octanol–water partition coefficient (Wildman–Crippen LogP) is 2.75. The second kappa shape index (κ2) is 4.67. The Morgan fingerprint density at radius 3 is 2.72 bits per heavy atom. The maximum Gasteiger partial charge on any atom is 0.239 e. The van der Waals surface area contributed by atoms with Crippen molar-refractivity contribution < 1.29 is 4.74 Å². The highest BCUT2D eigenvalue weighted by Gasteiger charge is 2.15. The number of hydrogen-bond acceptors (Lipinski definition) is 4. The van der Waals surface area contributed by atoms with Crippen molar-refractivity contribution in [2.24, 2.45) is 7.05 Å². The normalized spacial score (nSPS) is 10.2. The lowest BCUT2D eigenvalue weighted by Crippen LogP contribution is -1.95. The van der Waals surface area contributed by atoms with Gasteiger partial charge in [-0.1, -0.05) is 11.6 Å². The van der Waals surface area contributed by atoms with E-state index in [-0.39, 0.29) is 10.9 Å². The summed E-state index contributed by atoms with van der Waals surface area (Å²) in [6, 6.07) is 3.52. The Balaban J connectivity index is 2.44. The van der Waals surface area contributed by atoms with E-state index in [1.165, 1.54) is 12.3 Å². The molecule has 0 aliphatic rings. The molecule has 0 spiro atoms. The van der Waals surface area contributed by atoms with Crippen LogP contribution in [-0.4, -0.2) is 14.8 Å². The Morgan fingerprint density at radius 2 is 2.17 bits per heavy atom. The highest BCUT2D eigenvalue weighted by molar-refractivity contribution is 6.33. The van der Waals surface area contributed by atoms with Crippen LogP contribution in [-0.2, 0) is 7.05 Å². The molecule has 0 atom stereocenters. The molecule has 0 N–H and O–H groups in total. The van der Waals surface area contributed by atoms with Crippen molar-refractivity contribution in [3.63, 3.8) is 0 Å². The van der Waals surface area contributed by atoms with E-state index in [0.717, 1.165) is 11.4 Å². The van der Waals surface area contributed by atoms with Gasteiger partial charge in [0.25, 0.3) is 0 Å².